The smallest absolute Gasteiger partial charge is 0.409 e. The van der Waals surface area contributed by atoms with Gasteiger partial charge >= 0.3 is 6.09 Å². The summed E-state index contributed by atoms with van der Waals surface area (Å²) in [4.78, 5) is 13.5. The van der Waals surface area contributed by atoms with Gasteiger partial charge in [0.1, 0.15) is 0 Å². The highest BCUT2D eigenvalue weighted by atomic mass is 16.6. The van der Waals surface area contributed by atoms with E-state index in [1.54, 1.807) is 12.0 Å². The number of methoxy groups -OCH3 is 1. The van der Waals surface area contributed by atoms with Crippen molar-refractivity contribution in [2.75, 3.05) is 26.8 Å². The van der Waals surface area contributed by atoms with Crippen LogP contribution in [-0.2, 0) is 9.47 Å². The third kappa shape index (κ3) is 3.67. The molecule has 1 amide bonds. The van der Waals surface area contributed by atoms with Crippen LogP contribution in [-0.4, -0.2) is 43.9 Å². The van der Waals surface area contributed by atoms with Crippen LogP contribution in [0.1, 0.15) is 33.1 Å². The Balaban J connectivity index is 2.30. The fraction of sp³-hybridized carbons (Fsp3) is 0.917. The van der Waals surface area contributed by atoms with E-state index in [2.05, 4.69) is 13.8 Å². The lowest BCUT2D eigenvalue weighted by molar-refractivity contribution is -0.00115. The molecular formula is C12H23NO3. The highest BCUT2D eigenvalue weighted by Gasteiger charge is 2.29. The Hall–Kier alpha value is -0.770. The fourth-order valence-corrected chi connectivity index (χ4v) is 2.04. The number of carbonyl (C=O) groups excluding carboxylic acids is 1. The summed E-state index contributed by atoms with van der Waals surface area (Å²) >= 11 is 0. The van der Waals surface area contributed by atoms with Crippen molar-refractivity contribution in [3.63, 3.8) is 0 Å². The van der Waals surface area contributed by atoms with Crippen LogP contribution in [0.15, 0.2) is 0 Å². The number of amides is 1. The van der Waals surface area contributed by atoms with E-state index in [-0.39, 0.29) is 12.2 Å². The van der Waals surface area contributed by atoms with E-state index in [1.807, 2.05) is 0 Å². The summed E-state index contributed by atoms with van der Waals surface area (Å²) in [5.74, 6) is 0.387. The van der Waals surface area contributed by atoms with Crippen molar-refractivity contribution in [3.05, 3.63) is 0 Å². The zero-order chi connectivity index (χ0) is 12.0. The van der Waals surface area contributed by atoms with E-state index in [1.165, 1.54) is 0 Å². The third-order valence-corrected chi connectivity index (χ3v) is 3.11. The van der Waals surface area contributed by atoms with Gasteiger partial charge < -0.3 is 14.4 Å². The minimum atomic E-state index is -0.171. The van der Waals surface area contributed by atoms with Crippen LogP contribution in [0, 0.1) is 5.92 Å². The molecule has 1 aliphatic rings. The second kappa shape index (κ2) is 6.74. The van der Waals surface area contributed by atoms with E-state index in [0.29, 0.717) is 12.5 Å². The van der Waals surface area contributed by atoms with Gasteiger partial charge in [-0.2, -0.15) is 0 Å². The summed E-state index contributed by atoms with van der Waals surface area (Å²) < 4.78 is 10.5. The number of rotatable bonds is 4. The first-order valence-corrected chi connectivity index (χ1v) is 6.13. The maximum atomic E-state index is 11.7. The van der Waals surface area contributed by atoms with Gasteiger partial charge in [0.05, 0.1) is 12.7 Å². The zero-order valence-corrected chi connectivity index (χ0v) is 10.6. The van der Waals surface area contributed by atoms with E-state index >= 15 is 0 Å². The molecule has 1 heterocycles. The largest absolute Gasteiger partial charge is 0.449 e. The molecule has 4 heteroatoms. The Morgan fingerprint density at radius 2 is 2.25 bits per heavy atom. The molecule has 0 saturated carbocycles. The van der Waals surface area contributed by atoms with Crippen molar-refractivity contribution >= 4 is 6.09 Å². The molecule has 0 spiro atoms. The highest BCUT2D eigenvalue weighted by molar-refractivity contribution is 5.67. The molecule has 4 nitrogen and oxygen atoms in total. The molecule has 2 atom stereocenters. The van der Waals surface area contributed by atoms with Crippen LogP contribution < -0.4 is 0 Å². The van der Waals surface area contributed by atoms with Crippen molar-refractivity contribution in [1.82, 2.24) is 4.90 Å². The number of hydrogen-bond acceptors (Lipinski definition) is 3. The minimum absolute atomic E-state index is 0.171. The maximum absolute atomic E-state index is 11.7. The predicted molar refractivity (Wildman–Crippen MR) is 62.4 cm³/mol. The van der Waals surface area contributed by atoms with Crippen LogP contribution in [0.25, 0.3) is 0 Å². The maximum Gasteiger partial charge on any atom is 0.409 e. The van der Waals surface area contributed by atoms with Gasteiger partial charge in [0.2, 0.25) is 0 Å². The molecule has 0 aromatic heterocycles. The Labute approximate surface area is 97.9 Å². The molecule has 0 radical (unpaired) electrons. The topological polar surface area (TPSA) is 38.8 Å². The number of hydrogen-bond donors (Lipinski definition) is 0. The quantitative estimate of drug-likeness (QED) is 0.694. The molecule has 1 fully saturated rings. The molecule has 0 aromatic carbocycles. The van der Waals surface area contributed by atoms with Crippen LogP contribution >= 0.6 is 0 Å². The Bertz CT molecular complexity index is 220. The molecule has 1 saturated heterocycles. The van der Waals surface area contributed by atoms with Crippen molar-refractivity contribution in [2.24, 2.45) is 5.92 Å². The first-order valence-electron chi connectivity index (χ1n) is 6.13. The SMILES string of the molecule is CCCCOC(=O)N1CC[C@H](OC)[C@@H](C)C1. The molecule has 0 unspecified atom stereocenters. The molecule has 16 heavy (non-hydrogen) atoms. The average Bonchev–Trinajstić information content (AvgIpc) is 2.29. The second-order valence-corrected chi connectivity index (χ2v) is 4.45. The number of nitrogens with zero attached hydrogens (tertiary/aromatic N) is 1. The molecule has 1 aliphatic heterocycles. The Kier molecular flexibility index (Phi) is 5.60. The number of piperidine rings is 1. The predicted octanol–water partition coefficient (Wildman–Crippen LogP) is 2.28. The third-order valence-electron chi connectivity index (χ3n) is 3.11. The lowest BCUT2D eigenvalue weighted by atomic mass is 9.97. The summed E-state index contributed by atoms with van der Waals surface area (Å²) in [6.45, 7) is 6.21. The average molecular weight is 229 g/mol. The number of likely N-dealkylation sites (tertiary alicyclic amines) is 1. The second-order valence-electron chi connectivity index (χ2n) is 4.45. The van der Waals surface area contributed by atoms with Crippen molar-refractivity contribution in [3.8, 4) is 0 Å². The van der Waals surface area contributed by atoms with Crippen LogP contribution in [0.5, 0.6) is 0 Å². The zero-order valence-electron chi connectivity index (χ0n) is 10.6. The normalized spacial score (nSPS) is 25.6. The number of ether oxygens (including phenoxy) is 2. The van der Waals surface area contributed by atoms with Gasteiger partial charge in [-0.15, -0.1) is 0 Å². The minimum Gasteiger partial charge on any atom is -0.449 e. The molecule has 94 valence electrons. The molecule has 0 aliphatic carbocycles. The van der Waals surface area contributed by atoms with Crippen LogP contribution in [0.2, 0.25) is 0 Å². The standard InChI is InChI=1S/C12H23NO3/c1-4-5-8-16-12(14)13-7-6-11(15-3)10(2)9-13/h10-11H,4-9H2,1-3H3/t10-,11-/m0/s1. The fourth-order valence-electron chi connectivity index (χ4n) is 2.04. The van der Waals surface area contributed by atoms with Crippen LogP contribution in [0.4, 0.5) is 4.79 Å². The lowest BCUT2D eigenvalue weighted by Gasteiger charge is -2.35. The van der Waals surface area contributed by atoms with Gasteiger partial charge in [0, 0.05) is 26.1 Å². The molecular weight excluding hydrogens is 206 g/mol. The summed E-state index contributed by atoms with van der Waals surface area (Å²) in [5, 5.41) is 0. The lowest BCUT2D eigenvalue weighted by Crippen LogP contribution is -2.45. The summed E-state index contributed by atoms with van der Waals surface area (Å²) in [6.07, 6.45) is 3.00. The first kappa shape index (κ1) is 13.3. The number of unbranched alkanes of at least 4 members (excludes halogenated alkanes) is 1. The van der Waals surface area contributed by atoms with Gasteiger partial charge in [0.25, 0.3) is 0 Å². The molecule has 1 rings (SSSR count). The first-order chi connectivity index (χ1) is 7.69. The molecule has 0 N–H and O–H groups in total. The van der Waals surface area contributed by atoms with Crippen molar-refractivity contribution in [1.29, 1.82) is 0 Å². The Morgan fingerprint density at radius 3 is 2.81 bits per heavy atom. The monoisotopic (exact) mass is 229 g/mol. The van der Waals surface area contributed by atoms with Crippen LogP contribution in [0.3, 0.4) is 0 Å². The summed E-state index contributed by atoms with van der Waals surface area (Å²) in [6, 6.07) is 0. The van der Waals surface area contributed by atoms with Gasteiger partial charge in [-0.05, 0) is 12.8 Å². The van der Waals surface area contributed by atoms with E-state index in [0.717, 1.165) is 32.4 Å². The van der Waals surface area contributed by atoms with E-state index in [4.69, 9.17) is 9.47 Å². The van der Waals surface area contributed by atoms with Gasteiger partial charge in [-0.3, -0.25) is 0 Å². The Morgan fingerprint density at radius 1 is 1.50 bits per heavy atom. The highest BCUT2D eigenvalue weighted by Crippen LogP contribution is 2.19. The van der Waals surface area contributed by atoms with Crippen molar-refractivity contribution in [2.45, 2.75) is 39.2 Å². The molecule has 0 bridgehead atoms. The summed E-state index contributed by atoms with van der Waals surface area (Å²) in [7, 11) is 1.73. The molecule has 0 aromatic rings. The van der Waals surface area contributed by atoms with E-state index < -0.39 is 0 Å². The van der Waals surface area contributed by atoms with Crippen molar-refractivity contribution < 1.29 is 14.3 Å². The number of carbonyl (C=O) groups is 1. The van der Waals surface area contributed by atoms with Gasteiger partial charge in [-0.1, -0.05) is 20.3 Å². The van der Waals surface area contributed by atoms with E-state index in [9.17, 15) is 4.79 Å². The summed E-state index contributed by atoms with van der Waals surface area (Å²) in [5.41, 5.74) is 0. The van der Waals surface area contributed by atoms with Gasteiger partial charge in [0.15, 0.2) is 0 Å². The van der Waals surface area contributed by atoms with Gasteiger partial charge in [-0.25, -0.2) is 4.79 Å².